The van der Waals surface area contributed by atoms with E-state index in [1.54, 1.807) is 22.7 Å². The minimum Gasteiger partial charge on any atom is -0.378 e. The van der Waals surface area contributed by atoms with Crippen molar-refractivity contribution in [2.45, 2.75) is 0 Å². The van der Waals surface area contributed by atoms with Crippen molar-refractivity contribution in [3.63, 3.8) is 0 Å². The van der Waals surface area contributed by atoms with E-state index in [1.165, 1.54) is 10.0 Å². The van der Waals surface area contributed by atoms with E-state index in [1.807, 2.05) is 12.4 Å². The van der Waals surface area contributed by atoms with Gasteiger partial charge in [0, 0.05) is 35.9 Å². The minimum absolute atomic E-state index is 0.804. The number of hydrogen-bond donors (Lipinski definition) is 0. The zero-order valence-corrected chi connectivity index (χ0v) is 16.2. The Hall–Kier alpha value is -1.74. The van der Waals surface area contributed by atoms with Crippen LogP contribution in [0.5, 0.6) is 0 Å². The lowest BCUT2D eigenvalue weighted by Gasteiger charge is -2.27. The molecule has 138 valence electrons. The van der Waals surface area contributed by atoms with Crippen LogP contribution in [0.2, 0.25) is 0 Å². The Morgan fingerprint density at radius 3 is 1.54 bits per heavy atom. The first-order valence-corrected chi connectivity index (χ1v) is 10.4. The zero-order chi connectivity index (χ0) is 17.6. The number of nitrogens with zero attached hydrogens (tertiary/aromatic N) is 4. The molecule has 0 aromatic carbocycles. The fourth-order valence-corrected chi connectivity index (χ4v) is 4.76. The van der Waals surface area contributed by atoms with Gasteiger partial charge in [-0.15, -0.1) is 22.7 Å². The van der Waals surface area contributed by atoms with E-state index in [-0.39, 0.29) is 0 Å². The number of ether oxygens (including phenoxy) is 2. The molecule has 26 heavy (non-hydrogen) atoms. The van der Waals surface area contributed by atoms with Gasteiger partial charge in [0.1, 0.15) is 0 Å². The van der Waals surface area contributed by atoms with Crippen LogP contribution in [0.4, 0.5) is 10.0 Å². The van der Waals surface area contributed by atoms with Gasteiger partial charge >= 0.3 is 0 Å². The summed E-state index contributed by atoms with van der Waals surface area (Å²) in [5.74, 6) is 0. The summed E-state index contributed by atoms with van der Waals surface area (Å²) < 4.78 is 10.8. The van der Waals surface area contributed by atoms with Gasteiger partial charge in [0.2, 0.25) is 0 Å². The third-order valence-corrected chi connectivity index (χ3v) is 6.47. The molecule has 0 unspecified atom stereocenters. The Kier molecular flexibility index (Phi) is 5.96. The van der Waals surface area contributed by atoms with Crippen molar-refractivity contribution in [1.82, 2.24) is 0 Å². The first kappa shape index (κ1) is 17.7. The van der Waals surface area contributed by atoms with Crippen LogP contribution < -0.4 is 9.80 Å². The molecule has 8 heteroatoms. The van der Waals surface area contributed by atoms with Crippen LogP contribution in [0, 0.1) is 0 Å². The van der Waals surface area contributed by atoms with E-state index >= 15 is 0 Å². The van der Waals surface area contributed by atoms with Gasteiger partial charge in [-0.05, 0) is 24.3 Å². The topological polar surface area (TPSA) is 49.7 Å². The Morgan fingerprint density at radius 1 is 0.692 bits per heavy atom. The van der Waals surface area contributed by atoms with E-state index < -0.39 is 0 Å². The second kappa shape index (κ2) is 8.77. The predicted octanol–water partition coefficient (Wildman–Crippen LogP) is 2.94. The average Bonchev–Trinajstić information content (AvgIpc) is 3.37. The van der Waals surface area contributed by atoms with Crippen molar-refractivity contribution in [2.24, 2.45) is 10.2 Å². The molecule has 2 aromatic rings. The van der Waals surface area contributed by atoms with E-state index in [0.717, 1.165) is 62.4 Å². The molecule has 4 rings (SSSR count). The Labute approximate surface area is 161 Å². The third-order valence-electron chi connectivity index (χ3n) is 4.31. The molecule has 0 aliphatic carbocycles. The van der Waals surface area contributed by atoms with Crippen molar-refractivity contribution >= 4 is 45.1 Å². The van der Waals surface area contributed by atoms with E-state index in [2.05, 4.69) is 44.3 Å². The second-order valence-corrected chi connectivity index (χ2v) is 8.23. The third kappa shape index (κ3) is 4.50. The Bertz CT molecular complexity index is 695. The molecule has 6 nitrogen and oxygen atoms in total. The summed E-state index contributed by atoms with van der Waals surface area (Å²) >= 11 is 3.48. The van der Waals surface area contributed by atoms with Crippen molar-refractivity contribution in [2.75, 3.05) is 62.4 Å². The number of anilines is 2. The fraction of sp³-hybridized carbons (Fsp3) is 0.444. The normalized spacial score (nSPS) is 19.1. The van der Waals surface area contributed by atoms with E-state index in [9.17, 15) is 0 Å². The second-order valence-electron chi connectivity index (χ2n) is 6.04. The van der Waals surface area contributed by atoms with Gasteiger partial charge in [0.05, 0.1) is 48.9 Å². The highest BCUT2D eigenvalue weighted by atomic mass is 32.1. The summed E-state index contributed by atoms with van der Waals surface area (Å²) in [6.45, 7) is 7.05. The molecule has 0 N–H and O–H groups in total. The summed E-state index contributed by atoms with van der Waals surface area (Å²) in [4.78, 5) is 6.94. The molecular formula is C18H22N4O2S2. The molecule has 0 saturated carbocycles. The van der Waals surface area contributed by atoms with Crippen molar-refractivity contribution in [3.8, 4) is 0 Å². The molecular weight excluding hydrogens is 368 g/mol. The highest BCUT2D eigenvalue weighted by molar-refractivity contribution is 7.18. The smallest absolute Gasteiger partial charge is 0.0916 e. The quantitative estimate of drug-likeness (QED) is 0.582. The first-order chi connectivity index (χ1) is 12.9. The monoisotopic (exact) mass is 390 g/mol. The van der Waals surface area contributed by atoms with Gasteiger partial charge in [-0.1, -0.05) is 0 Å². The summed E-state index contributed by atoms with van der Waals surface area (Å²) in [5.41, 5.74) is 0. The van der Waals surface area contributed by atoms with Crippen LogP contribution in [0.3, 0.4) is 0 Å². The van der Waals surface area contributed by atoms with E-state index in [4.69, 9.17) is 9.47 Å². The van der Waals surface area contributed by atoms with Crippen LogP contribution in [-0.4, -0.2) is 65.0 Å². The lowest BCUT2D eigenvalue weighted by Crippen LogP contribution is -2.35. The van der Waals surface area contributed by atoms with Crippen molar-refractivity contribution < 1.29 is 9.47 Å². The molecule has 2 saturated heterocycles. The summed E-state index contributed by atoms with van der Waals surface area (Å²) in [5, 5.41) is 10.9. The summed E-state index contributed by atoms with van der Waals surface area (Å²) in [6, 6.07) is 8.48. The zero-order valence-electron chi connectivity index (χ0n) is 14.5. The number of thiophene rings is 2. The minimum atomic E-state index is 0.804. The van der Waals surface area contributed by atoms with Crippen molar-refractivity contribution in [1.29, 1.82) is 0 Å². The van der Waals surface area contributed by atoms with Crippen LogP contribution in [0.1, 0.15) is 9.75 Å². The van der Waals surface area contributed by atoms with Gasteiger partial charge in [-0.25, -0.2) is 0 Å². The number of morpholine rings is 2. The predicted molar refractivity (Wildman–Crippen MR) is 110 cm³/mol. The summed E-state index contributed by atoms with van der Waals surface area (Å²) in [6.07, 6.45) is 3.64. The van der Waals surface area contributed by atoms with Gasteiger partial charge in [-0.3, -0.25) is 0 Å². The lowest BCUT2D eigenvalue weighted by atomic mass is 10.4. The highest BCUT2D eigenvalue weighted by Gasteiger charge is 2.13. The molecule has 2 aromatic heterocycles. The van der Waals surface area contributed by atoms with Crippen molar-refractivity contribution in [3.05, 3.63) is 34.0 Å². The van der Waals surface area contributed by atoms with Crippen LogP contribution in [0.15, 0.2) is 34.5 Å². The summed E-state index contributed by atoms with van der Waals surface area (Å²) in [7, 11) is 0. The molecule has 4 heterocycles. The van der Waals surface area contributed by atoms with Crippen LogP contribution >= 0.6 is 22.7 Å². The largest absolute Gasteiger partial charge is 0.378 e. The Balaban J connectivity index is 1.32. The maximum Gasteiger partial charge on any atom is 0.0916 e. The molecule has 0 atom stereocenters. The van der Waals surface area contributed by atoms with Gasteiger partial charge in [0.15, 0.2) is 0 Å². The van der Waals surface area contributed by atoms with Gasteiger partial charge in [-0.2, -0.15) is 10.2 Å². The Morgan fingerprint density at radius 2 is 1.12 bits per heavy atom. The first-order valence-electron chi connectivity index (χ1n) is 8.80. The molecule has 0 amide bonds. The molecule has 0 bridgehead atoms. The highest BCUT2D eigenvalue weighted by Crippen LogP contribution is 2.26. The standard InChI is InChI=1S/C18H22N4O2S2/c1-3-17(21-5-9-23-10-6-21)25-15(1)13-19-20-14-16-2-4-18(26-16)22-7-11-24-12-8-22/h1-4,13-14H,5-12H2/b19-13-,20-14-. The average molecular weight is 391 g/mol. The molecule has 2 aliphatic heterocycles. The number of hydrogen-bond acceptors (Lipinski definition) is 8. The molecule has 0 radical (unpaired) electrons. The maximum absolute atomic E-state index is 5.40. The van der Waals surface area contributed by atoms with E-state index in [0.29, 0.717) is 0 Å². The molecule has 2 fully saturated rings. The van der Waals surface area contributed by atoms with Crippen LogP contribution in [-0.2, 0) is 9.47 Å². The SMILES string of the molecule is C(=N/N=C\c1ccc(N2CCOCC2)s1)/c1ccc(N2CCOCC2)s1. The van der Waals surface area contributed by atoms with Gasteiger partial charge in [0.25, 0.3) is 0 Å². The van der Waals surface area contributed by atoms with Gasteiger partial charge < -0.3 is 19.3 Å². The fourth-order valence-electron chi connectivity index (χ4n) is 2.91. The number of rotatable bonds is 5. The molecule has 2 aliphatic rings. The van der Waals surface area contributed by atoms with Crippen LogP contribution in [0.25, 0.3) is 0 Å². The molecule has 0 spiro atoms. The lowest BCUT2D eigenvalue weighted by molar-refractivity contribution is 0.123. The maximum atomic E-state index is 5.40.